The second-order valence-corrected chi connectivity index (χ2v) is 13.0. The number of anilines is 1. The number of carbonyl (C=O) groups excluding carboxylic acids is 1. The molecule has 47 heavy (non-hydrogen) atoms. The highest BCUT2D eigenvalue weighted by Gasteiger charge is 2.47. The second-order valence-electron chi connectivity index (χ2n) is 13.0. The van der Waals surface area contributed by atoms with Crippen LogP contribution in [0.25, 0.3) is 21.5 Å². The van der Waals surface area contributed by atoms with Crippen LogP contribution in [0.5, 0.6) is 5.75 Å². The maximum Gasteiger partial charge on any atom is 0.309 e. The number of hydrogen-bond acceptors (Lipinski definition) is 5. The van der Waals surface area contributed by atoms with Gasteiger partial charge in [-0.05, 0) is 65.9 Å². The van der Waals surface area contributed by atoms with Crippen molar-refractivity contribution in [3.05, 3.63) is 114 Å². The summed E-state index contributed by atoms with van der Waals surface area (Å²) >= 11 is 0. The number of benzene rings is 4. The molecule has 0 radical (unpaired) electrons. The molecule has 1 N–H and O–H groups in total. The first-order chi connectivity index (χ1) is 22.6. The highest BCUT2D eigenvalue weighted by Crippen LogP contribution is 2.50. The summed E-state index contributed by atoms with van der Waals surface area (Å²) in [5.41, 5.74) is 5.98. The van der Waals surface area contributed by atoms with Gasteiger partial charge in [0.05, 0.1) is 24.5 Å². The van der Waals surface area contributed by atoms with Gasteiger partial charge in [0.2, 0.25) is 5.69 Å². The van der Waals surface area contributed by atoms with Crippen molar-refractivity contribution in [2.24, 2.45) is 0 Å². The van der Waals surface area contributed by atoms with Gasteiger partial charge < -0.3 is 19.5 Å². The summed E-state index contributed by atoms with van der Waals surface area (Å²) in [6.45, 7) is 10.5. The quantitative estimate of drug-likeness (QED) is 0.0599. The van der Waals surface area contributed by atoms with Gasteiger partial charge in [0.25, 0.3) is 6.47 Å². The van der Waals surface area contributed by atoms with Gasteiger partial charge in [-0.2, -0.15) is 4.58 Å². The lowest BCUT2D eigenvalue weighted by molar-refractivity contribution is -0.435. The Kier molecular flexibility index (Phi) is 8.49. The van der Waals surface area contributed by atoms with Crippen LogP contribution in [0.2, 0.25) is 0 Å². The molecular weight excluding hydrogens is 588 g/mol. The smallest absolute Gasteiger partial charge is 0.309 e. The molecule has 0 saturated carbocycles. The molecule has 0 bridgehead atoms. The molecule has 0 amide bonds. The molecule has 0 saturated heterocycles. The number of carboxylic acid groups (broad SMARTS) is 1. The number of aliphatic carboxylic acids is 1. The zero-order valence-electron chi connectivity index (χ0n) is 27.6. The molecule has 6 rings (SSSR count). The molecule has 4 aromatic carbocycles. The van der Waals surface area contributed by atoms with Crippen LogP contribution >= 0.6 is 0 Å². The lowest BCUT2D eigenvalue weighted by Crippen LogP contribution is -2.29. The van der Waals surface area contributed by atoms with Crippen molar-refractivity contribution in [2.45, 2.75) is 44.9 Å². The number of fused-ring (bicyclic) bond motifs is 7. The van der Waals surface area contributed by atoms with Crippen LogP contribution in [0.15, 0.2) is 103 Å². The average Bonchev–Trinajstić information content (AvgIpc) is 3.42. The molecule has 0 unspecified atom stereocenters. The van der Waals surface area contributed by atoms with Crippen molar-refractivity contribution < 1.29 is 28.7 Å². The van der Waals surface area contributed by atoms with Crippen molar-refractivity contribution in [1.29, 1.82) is 0 Å². The molecule has 2 heterocycles. The Morgan fingerprint density at radius 3 is 2.26 bits per heavy atom. The Morgan fingerprint density at radius 1 is 0.894 bits per heavy atom. The number of hydrogen-bond donors (Lipinski definition) is 1. The van der Waals surface area contributed by atoms with Crippen molar-refractivity contribution >= 4 is 51.1 Å². The number of carboxylic acids is 1. The lowest BCUT2D eigenvalue weighted by Gasteiger charge is -2.26. The van der Waals surface area contributed by atoms with Crippen LogP contribution in [-0.4, -0.2) is 54.6 Å². The van der Waals surface area contributed by atoms with E-state index in [2.05, 4.69) is 110 Å². The Bertz CT molecular complexity index is 2010. The third-order valence-electron chi connectivity index (χ3n) is 9.61. The summed E-state index contributed by atoms with van der Waals surface area (Å²) in [6, 6.07) is 23.0. The Balaban J connectivity index is 1.40. The minimum absolute atomic E-state index is 0.0278. The molecule has 0 spiro atoms. The predicted molar refractivity (Wildman–Crippen MR) is 188 cm³/mol. The van der Waals surface area contributed by atoms with E-state index in [0.29, 0.717) is 19.6 Å². The zero-order chi connectivity index (χ0) is 33.3. The van der Waals surface area contributed by atoms with Crippen molar-refractivity contribution in [3.63, 3.8) is 0 Å². The predicted octanol–water partition coefficient (Wildman–Crippen LogP) is 7.82. The van der Waals surface area contributed by atoms with E-state index in [9.17, 15) is 14.7 Å². The summed E-state index contributed by atoms with van der Waals surface area (Å²) in [5.74, 6) is -0.0251. The molecule has 0 aliphatic carbocycles. The lowest BCUT2D eigenvalue weighted by atomic mass is 9.78. The molecule has 0 atom stereocenters. The van der Waals surface area contributed by atoms with Crippen LogP contribution in [-0.2, 0) is 25.2 Å². The van der Waals surface area contributed by atoms with Crippen LogP contribution in [0.3, 0.4) is 0 Å². The number of carbonyl (C=O) groups is 2. The van der Waals surface area contributed by atoms with Gasteiger partial charge in [0, 0.05) is 28.4 Å². The molecule has 0 fully saturated rings. The van der Waals surface area contributed by atoms with E-state index in [0.717, 1.165) is 44.9 Å². The molecule has 240 valence electrons. The van der Waals surface area contributed by atoms with E-state index >= 15 is 0 Å². The Labute approximate surface area is 275 Å². The highest BCUT2D eigenvalue weighted by atomic mass is 16.5. The van der Waals surface area contributed by atoms with Gasteiger partial charge in [-0.25, -0.2) is 0 Å². The summed E-state index contributed by atoms with van der Waals surface area (Å²) in [4.78, 5) is 24.9. The van der Waals surface area contributed by atoms with Crippen LogP contribution in [0, 0.1) is 0 Å². The summed E-state index contributed by atoms with van der Waals surface area (Å²) in [5, 5.41) is 14.4. The standard InChI is InChI=1S/C40H40N2O5/c1-39(2)32-25-27(46-5)19-20-33(32)41(23-24-47-26-43)34(39)17-7-6-8-18-35-40(3,4)37-30-15-11-9-13-28(30)29-14-10-12-16-31(29)38(37)42(35)22-21-36(44)45/h6-20,25-26H,21-24H2,1-5H3/p+1. The van der Waals surface area contributed by atoms with Gasteiger partial charge in [-0.1, -0.05) is 74.5 Å². The minimum Gasteiger partial charge on any atom is -0.497 e. The largest absolute Gasteiger partial charge is 0.497 e. The maximum atomic E-state index is 11.8. The molecule has 0 aromatic heterocycles. The molecule has 7 heteroatoms. The average molecular weight is 630 g/mol. The number of methoxy groups -OCH3 is 1. The maximum absolute atomic E-state index is 11.8. The van der Waals surface area contributed by atoms with Crippen LogP contribution in [0.4, 0.5) is 11.4 Å². The first-order valence-electron chi connectivity index (χ1n) is 16.0. The fraction of sp³-hybridized carbons (Fsp3) is 0.275. The summed E-state index contributed by atoms with van der Waals surface area (Å²) in [6.07, 6.45) is 10.3. The molecular formula is C40H41N2O5+. The third kappa shape index (κ3) is 5.50. The van der Waals surface area contributed by atoms with E-state index in [1.165, 1.54) is 16.3 Å². The third-order valence-corrected chi connectivity index (χ3v) is 9.61. The van der Waals surface area contributed by atoms with Gasteiger partial charge >= 0.3 is 5.97 Å². The van der Waals surface area contributed by atoms with Crippen molar-refractivity contribution in [2.75, 3.05) is 31.7 Å². The van der Waals surface area contributed by atoms with Crippen molar-refractivity contribution in [1.82, 2.24) is 0 Å². The normalized spacial score (nSPS) is 17.3. The number of nitrogens with zero attached hydrogens (tertiary/aromatic N) is 2. The first kappa shape index (κ1) is 31.8. The van der Waals surface area contributed by atoms with E-state index in [1.54, 1.807) is 7.11 Å². The van der Waals surface area contributed by atoms with Crippen LogP contribution in [0.1, 0.15) is 45.2 Å². The molecule has 7 nitrogen and oxygen atoms in total. The van der Waals surface area contributed by atoms with Gasteiger partial charge in [0.1, 0.15) is 18.8 Å². The summed E-state index contributed by atoms with van der Waals surface area (Å²) in [7, 11) is 1.67. The summed E-state index contributed by atoms with van der Waals surface area (Å²) < 4.78 is 12.8. The molecule has 2 aliphatic rings. The fourth-order valence-electron chi connectivity index (χ4n) is 7.43. The first-order valence-corrected chi connectivity index (χ1v) is 16.0. The second kappa shape index (κ2) is 12.6. The van der Waals surface area contributed by atoms with E-state index < -0.39 is 5.97 Å². The molecule has 4 aromatic rings. The molecule has 2 aliphatic heterocycles. The van der Waals surface area contributed by atoms with Crippen molar-refractivity contribution in [3.8, 4) is 5.75 Å². The fourth-order valence-corrected chi connectivity index (χ4v) is 7.43. The highest BCUT2D eigenvalue weighted by molar-refractivity contribution is 6.18. The van der Waals surface area contributed by atoms with Gasteiger partial charge in [-0.3, -0.25) is 9.59 Å². The Morgan fingerprint density at radius 2 is 1.57 bits per heavy atom. The monoisotopic (exact) mass is 629 g/mol. The number of rotatable bonds is 11. The zero-order valence-corrected chi connectivity index (χ0v) is 27.6. The van der Waals surface area contributed by atoms with E-state index in [1.807, 2.05) is 24.3 Å². The van der Waals surface area contributed by atoms with E-state index in [4.69, 9.17) is 9.47 Å². The topological polar surface area (TPSA) is 79.1 Å². The minimum atomic E-state index is -0.822. The Hall–Kier alpha value is -5.17. The number of allylic oxidation sites excluding steroid dienone is 6. The number of ether oxygens (including phenoxy) is 2. The van der Waals surface area contributed by atoms with E-state index in [-0.39, 0.29) is 23.9 Å². The van der Waals surface area contributed by atoms with Gasteiger partial charge in [0.15, 0.2) is 12.3 Å². The SMILES string of the molecule is COc1ccc2c(c1)C(C)(C)C(=CC=CC=CC1=[N+](CCC(=O)O)c3c(c4ccccc4c4ccccc34)C1(C)C)N2CCOC=O. The van der Waals surface area contributed by atoms with Crippen LogP contribution < -0.4 is 9.64 Å². The van der Waals surface area contributed by atoms with Gasteiger partial charge in [-0.15, -0.1) is 0 Å².